The standard InChI is InChI=1S/C10H14N2O/c1-7-6-8(2)12-5-3-4-9(13)10(12)11-7/h3-5,7-8,13H,6H2,1-2H3. The van der Waals surface area contributed by atoms with Gasteiger partial charge in [0, 0.05) is 12.2 Å². The van der Waals surface area contributed by atoms with Crippen molar-refractivity contribution in [1.82, 2.24) is 4.90 Å². The Kier molecular flexibility index (Phi) is 1.87. The number of aliphatic hydroxyl groups excluding tert-OH is 1. The Balaban J connectivity index is 2.37. The van der Waals surface area contributed by atoms with Crippen molar-refractivity contribution in [3.63, 3.8) is 0 Å². The molecule has 0 bridgehead atoms. The van der Waals surface area contributed by atoms with Crippen LogP contribution in [0.4, 0.5) is 0 Å². The Morgan fingerprint density at radius 3 is 3.08 bits per heavy atom. The summed E-state index contributed by atoms with van der Waals surface area (Å²) in [4.78, 5) is 6.43. The quantitative estimate of drug-likeness (QED) is 0.614. The second-order valence-corrected chi connectivity index (χ2v) is 3.69. The van der Waals surface area contributed by atoms with Crippen LogP contribution in [-0.2, 0) is 0 Å². The van der Waals surface area contributed by atoms with Gasteiger partial charge in [0.2, 0.25) is 0 Å². The van der Waals surface area contributed by atoms with E-state index in [1.807, 2.05) is 17.2 Å². The molecule has 0 aromatic rings. The van der Waals surface area contributed by atoms with Gasteiger partial charge in [-0.05, 0) is 32.4 Å². The third kappa shape index (κ3) is 1.34. The number of hydrogen-bond donors (Lipinski definition) is 1. The minimum absolute atomic E-state index is 0.279. The number of aliphatic hydroxyl groups is 1. The lowest BCUT2D eigenvalue weighted by atomic mass is 10.0. The Labute approximate surface area is 78.1 Å². The van der Waals surface area contributed by atoms with E-state index in [2.05, 4.69) is 18.8 Å². The summed E-state index contributed by atoms with van der Waals surface area (Å²) in [5, 5.41) is 9.58. The predicted molar refractivity (Wildman–Crippen MR) is 52.7 cm³/mol. The van der Waals surface area contributed by atoms with Crippen LogP contribution in [0, 0.1) is 0 Å². The molecular weight excluding hydrogens is 164 g/mol. The zero-order chi connectivity index (χ0) is 9.42. The van der Waals surface area contributed by atoms with Crippen LogP contribution in [-0.4, -0.2) is 27.9 Å². The van der Waals surface area contributed by atoms with Crippen LogP contribution in [0.5, 0.6) is 0 Å². The minimum Gasteiger partial charge on any atom is -0.504 e. The number of nitrogens with zero attached hydrogens (tertiary/aromatic N) is 2. The second-order valence-electron chi connectivity index (χ2n) is 3.69. The molecular formula is C10H14N2O. The van der Waals surface area contributed by atoms with Crippen molar-refractivity contribution in [2.45, 2.75) is 32.4 Å². The van der Waals surface area contributed by atoms with Crippen LogP contribution in [0.1, 0.15) is 20.3 Å². The lowest BCUT2D eigenvalue weighted by molar-refractivity contribution is 0.329. The zero-order valence-electron chi connectivity index (χ0n) is 7.94. The average molecular weight is 178 g/mol. The van der Waals surface area contributed by atoms with Gasteiger partial charge in [0.25, 0.3) is 0 Å². The lowest BCUT2D eigenvalue weighted by Crippen LogP contribution is -2.42. The third-order valence-electron chi connectivity index (χ3n) is 2.47. The molecule has 2 atom stereocenters. The van der Waals surface area contributed by atoms with Crippen molar-refractivity contribution >= 4 is 5.84 Å². The summed E-state index contributed by atoms with van der Waals surface area (Å²) >= 11 is 0. The van der Waals surface area contributed by atoms with Crippen LogP contribution >= 0.6 is 0 Å². The van der Waals surface area contributed by atoms with Gasteiger partial charge in [-0.15, -0.1) is 0 Å². The number of fused-ring (bicyclic) bond motifs is 1. The first-order valence-corrected chi connectivity index (χ1v) is 4.62. The molecule has 0 spiro atoms. The summed E-state index contributed by atoms with van der Waals surface area (Å²) in [7, 11) is 0. The van der Waals surface area contributed by atoms with Gasteiger partial charge in [0.1, 0.15) is 0 Å². The highest BCUT2D eigenvalue weighted by atomic mass is 16.3. The molecule has 1 N–H and O–H groups in total. The van der Waals surface area contributed by atoms with Gasteiger partial charge in [0.05, 0.1) is 6.04 Å². The van der Waals surface area contributed by atoms with Gasteiger partial charge in [-0.25, -0.2) is 0 Å². The first-order chi connectivity index (χ1) is 6.18. The van der Waals surface area contributed by atoms with Crippen LogP contribution in [0.2, 0.25) is 0 Å². The van der Waals surface area contributed by atoms with E-state index in [-0.39, 0.29) is 5.76 Å². The maximum absolute atomic E-state index is 9.58. The first-order valence-electron chi connectivity index (χ1n) is 4.62. The highest BCUT2D eigenvalue weighted by Crippen LogP contribution is 2.22. The fraction of sp³-hybridized carbons (Fsp3) is 0.500. The van der Waals surface area contributed by atoms with Crippen molar-refractivity contribution in [3.8, 4) is 0 Å². The molecule has 0 fully saturated rings. The van der Waals surface area contributed by atoms with Crippen molar-refractivity contribution in [2.75, 3.05) is 0 Å². The van der Waals surface area contributed by atoms with E-state index < -0.39 is 0 Å². The highest BCUT2D eigenvalue weighted by molar-refractivity contribution is 5.98. The summed E-state index contributed by atoms with van der Waals surface area (Å²) in [6.45, 7) is 4.22. The summed E-state index contributed by atoms with van der Waals surface area (Å²) in [6, 6.07) is 0.734. The molecule has 0 aromatic heterocycles. The van der Waals surface area contributed by atoms with Crippen LogP contribution in [0.25, 0.3) is 0 Å². The third-order valence-corrected chi connectivity index (χ3v) is 2.47. The molecule has 0 aromatic carbocycles. The second kappa shape index (κ2) is 2.91. The molecule has 2 rings (SSSR count). The Morgan fingerprint density at radius 1 is 1.54 bits per heavy atom. The van der Waals surface area contributed by atoms with E-state index in [0.29, 0.717) is 17.9 Å². The molecule has 0 saturated heterocycles. The van der Waals surface area contributed by atoms with Gasteiger partial charge in [-0.3, -0.25) is 4.99 Å². The zero-order valence-corrected chi connectivity index (χ0v) is 7.94. The number of allylic oxidation sites excluding steroid dienone is 2. The molecule has 2 aliphatic heterocycles. The van der Waals surface area contributed by atoms with Crippen LogP contribution in [0.15, 0.2) is 29.1 Å². The van der Waals surface area contributed by atoms with Gasteiger partial charge < -0.3 is 10.0 Å². The summed E-state index contributed by atoms with van der Waals surface area (Å²) in [5.41, 5.74) is 0. The van der Waals surface area contributed by atoms with Crippen molar-refractivity contribution in [3.05, 3.63) is 24.1 Å². The predicted octanol–water partition coefficient (Wildman–Crippen LogP) is 1.84. The Bertz CT molecular complexity index is 304. The lowest BCUT2D eigenvalue weighted by Gasteiger charge is -2.35. The Morgan fingerprint density at radius 2 is 2.31 bits per heavy atom. The normalized spacial score (nSPS) is 32.3. The first kappa shape index (κ1) is 8.35. The van der Waals surface area contributed by atoms with Crippen LogP contribution < -0.4 is 0 Å². The van der Waals surface area contributed by atoms with Crippen molar-refractivity contribution in [1.29, 1.82) is 0 Å². The van der Waals surface area contributed by atoms with Gasteiger partial charge >= 0.3 is 0 Å². The number of hydrogen-bond acceptors (Lipinski definition) is 3. The highest BCUT2D eigenvalue weighted by Gasteiger charge is 2.27. The maximum atomic E-state index is 9.58. The fourth-order valence-electron chi connectivity index (χ4n) is 1.86. The minimum atomic E-state index is 0.279. The van der Waals surface area contributed by atoms with E-state index in [1.54, 1.807) is 6.08 Å². The number of amidine groups is 1. The SMILES string of the molecule is CC1CC(C)N2C=CC=C(O)C2=N1. The molecule has 0 amide bonds. The molecule has 70 valence electrons. The topological polar surface area (TPSA) is 35.8 Å². The number of aliphatic imine (C=N–C) groups is 1. The van der Waals surface area contributed by atoms with Gasteiger partial charge in [0.15, 0.2) is 11.6 Å². The molecule has 3 heteroatoms. The fourth-order valence-corrected chi connectivity index (χ4v) is 1.86. The molecule has 13 heavy (non-hydrogen) atoms. The molecule has 0 aliphatic carbocycles. The van der Waals surface area contributed by atoms with Gasteiger partial charge in [-0.2, -0.15) is 0 Å². The van der Waals surface area contributed by atoms with Crippen molar-refractivity contribution < 1.29 is 5.11 Å². The van der Waals surface area contributed by atoms with Gasteiger partial charge in [-0.1, -0.05) is 0 Å². The molecule has 2 aliphatic rings. The molecule has 0 radical (unpaired) electrons. The summed E-state index contributed by atoms with van der Waals surface area (Å²) < 4.78 is 0. The van der Waals surface area contributed by atoms with E-state index in [4.69, 9.17) is 0 Å². The maximum Gasteiger partial charge on any atom is 0.171 e. The summed E-state index contributed by atoms with van der Waals surface area (Å²) in [6.07, 6.45) is 6.54. The number of rotatable bonds is 0. The molecule has 2 unspecified atom stereocenters. The molecule has 0 saturated carbocycles. The smallest absolute Gasteiger partial charge is 0.171 e. The summed E-state index contributed by atoms with van der Waals surface area (Å²) in [5.74, 6) is 0.995. The van der Waals surface area contributed by atoms with E-state index in [1.165, 1.54) is 0 Å². The molecule has 3 nitrogen and oxygen atoms in total. The monoisotopic (exact) mass is 178 g/mol. The van der Waals surface area contributed by atoms with E-state index in [0.717, 1.165) is 6.42 Å². The Hall–Kier alpha value is -1.25. The van der Waals surface area contributed by atoms with E-state index >= 15 is 0 Å². The van der Waals surface area contributed by atoms with Crippen molar-refractivity contribution in [2.24, 2.45) is 4.99 Å². The van der Waals surface area contributed by atoms with Crippen LogP contribution in [0.3, 0.4) is 0 Å². The average Bonchev–Trinajstić information content (AvgIpc) is 2.07. The molecule has 2 heterocycles. The largest absolute Gasteiger partial charge is 0.504 e. The van der Waals surface area contributed by atoms with E-state index in [9.17, 15) is 5.11 Å².